The molecule has 7 heteroatoms. The van der Waals surface area contributed by atoms with Crippen molar-refractivity contribution in [2.24, 2.45) is 0 Å². The second kappa shape index (κ2) is 4.78. The third-order valence-corrected chi connectivity index (χ3v) is 4.63. The van der Waals surface area contributed by atoms with E-state index in [-0.39, 0.29) is 5.82 Å². The summed E-state index contributed by atoms with van der Waals surface area (Å²) in [6, 6.07) is 1.49. The summed E-state index contributed by atoms with van der Waals surface area (Å²) in [4.78, 5) is 0. The lowest BCUT2D eigenvalue weighted by atomic mass is 9.98. The monoisotopic (exact) mass is 354 g/mol. The molecule has 0 bridgehead atoms. The third kappa shape index (κ3) is 2.06. The van der Waals surface area contributed by atoms with E-state index in [9.17, 15) is 4.39 Å². The number of fused-ring (bicyclic) bond motifs is 3. The van der Waals surface area contributed by atoms with Crippen LogP contribution in [0.25, 0.3) is 5.69 Å². The molecular formula is C14H16BrFN4O. The van der Waals surface area contributed by atoms with Crippen LogP contribution in [0.2, 0.25) is 0 Å². The van der Waals surface area contributed by atoms with Gasteiger partial charge in [0.25, 0.3) is 0 Å². The van der Waals surface area contributed by atoms with Crippen LogP contribution in [-0.4, -0.2) is 21.9 Å². The number of ether oxygens (including phenoxy) is 1. The molecule has 21 heavy (non-hydrogen) atoms. The van der Waals surface area contributed by atoms with Crippen molar-refractivity contribution in [3.05, 3.63) is 33.6 Å². The first-order valence-electron chi connectivity index (χ1n) is 6.57. The van der Waals surface area contributed by atoms with Crippen LogP contribution in [-0.2, 0) is 16.9 Å². The molecule has 0 spiro atoms. The van der Waals surface area contributed by atoms with Crippen molar-refractivity contribution in [1.82, 2.24) is 14.8 Å². The Morgan fingerprint density at radius 1 is 1.43 bits per heavy atom. The molecule has 0 unspecified atom stereocenters. The highest BCUT2D eigenvalue weighted by Crippen LogP contribution is 2.41. The lowest BCUT2D eigenvalue weighted by molar-refractivity contribution is 0.176. The fourth-order valence-corrected chi connectivity index (χ4v) is 3.00. The van der Waals surface area contributed by atoms with E-state index >= 15 is 0 Å². The molecule has 0 amide bonds. The number of methoxy groups -OCH3 is 1. The number of hydrogen-bond donors (Lipinski definition) is 1. The Labute approximate surface area is 130 Å². The van der Waals surface area contributed by atoms with Gasteiger partial charge in [-0.15, -0.1) is 10.2 Å². The largest absolute Gasteiger partial charge is 0.377 e. The minimum Gasteiger partial charge on any atom is -0.377 e. The molecule has 1 aliphatic heterocycles. The summed E-state index contributed by atoms with van der Waals surface area (Å²) in [5, 5.41) is 11.8. The zero-order valence-corrected chi connectivity index (χ0v) is 13.9. The van der Waals surface area contributed by atoms with E-state index < -0.39 is 5.54 Å². The van der Waals surface area contributed by atoms with Crippen LogP contribution in [0.15, 0.2) is 10.5 Å². The van der Waals surface area contributed by atoms with Crippen LogP contribution in [0.4, 0.5) is 10.1 Å². The van der Waals surface area contributed by atoms with E-state index in [1.165, 1.54) is 6.07 Å². The molecule has 112 valence electrons. The summed E-state index contributed by atoms with van der Waals surface area (Å²) < 4.78 is 21.6. The average molecular weight is 355 g/mol. The highest BCUT2D eigenvalue weighted by Gasteiger charge is 2.36. The van der Waals surface area contributed by atoms with Gasteiger partial charge in [0.2, 0.25) is 0 Å². The summed E-state index contributed by atoms with van der Waals surface area (Å²) in [6.45, 7) is 6.19. The van der Waals surface area contributed by atoms with Gasteiger partial charge in [0.1, 0.15) is 12.4 Å². The maximum absolute atomic E-state index is 14.0. The van der Waals surface area contributed by atoms with Gasteiger partial charge in [-0.2, -0.15) is 0 Å². The maximum Gasteiger partial charge on any atom is 0.163 e. The average Bonchev–Trinajstić information content (AvgIpc) is 2.81. The lowest BCUT2D eigenvalue weighted by Crippen LogP contribution is -2.36. The van der Waals surface area contributed by atoms with E-state index in [1.54, 1.807) is 7.11 Å². The summed E-state index contributed by atoms with van der Waals surface area (Å²) in [5.41, 5.74) is 1.93. The molecule has 2 heterocycles. The zero-order chi connectivity index (χ0) is 15.4. The molecule has 0 saturated carbocycles. The molecule has 0 fully saturated rings. The van der Waals surface area contributed by atoms with Gasteiger partial charge in [0, 0.05) is 13.2 Å². The van der Waals surface area contributed by atoms with Crippen molar-refractivity contribution < 1.29 is 9.13 Å². The van der Waals surface area contributed by atoms with Gasteiger partial charge >= 0.3 is 0 Å². The Kier molecular flexibility index (Phi) is 3.29. The summed E-state index contributed by atoms with van der Waals surface area (Å²) in [7, 11) is 1.61. The van der Waals surface area contributed by atoms with Crippen LogP contribution in [0.3, 0.4) is 0 Å². The van der Waals surface area contributed by atoms with Crippen LogP contribution in [0, 0.1) is 12.7 Å². The number of nitrogens with one attached hydrogen (secondary N) is 1. The SMILES string of the molecule is COCc1nnc2n1-c1c(cc(F)c(Br)c1C)NC2(C)C. The second-order valence-corrected chi connectivity index (χ2v) is 6.44. The van der Waals surface area contributed by atoms with E-state index in [2.05, 4.69) is 31.4 Å². The van der Waals surface area contributed by atoms with Crippen LogP contribution in [0.1, 0.15) is 31.1 Å². The Morgan fingerprint density at radius 3 is 2.81 bits per heavy atom. The molecule has 0 radical (unpaired) electrons. The van der Waals surface area contributed by atoms with Crippen molar-refractivity contribution >= 4 is 21.6 Å². The van der Waals surface area contributed by atoms with Gasteiger partial charge in [-0.3, -0.25) is 4.57 Å². The van der Waals surface area contributed by atoms with Crippen LogP contribution >= 0.6 is 15.9 Å². The predicted molar refractivity (Wildman–Crippen MR) is 81.1 cm³/mol. The highest BCUT2D eigenvalue weighted by atomic mass is 79.9. The maximum atomic E-state index is 14.0. The van der Waals surface area contributed by atoms with Gasteiger partial charge in [-0.1, -0.05) is 0 Å². The first-order valence-corrected chi connectivity index (χ1v) is 7.37. The molecule has 1 aromatic heterocycles. The second-order valence-electron chi connectivity index (χ2n) is 5.65. The lowest BCUT2D eigenvalue weighted by Gasteiger charge is -2.35. The minimum atomic E-state index is -0.446. The summed E-state index contributed by atoms with van der Waals surface area (Å²) >= 11 is 3.30. The van der Waals surface area contributed by atoms with Gasteiger partial charge in [-0.05, 0) is 42.3 Å². The number of anilines is 1. The van der Waals surface area contributed by atoms with Gasteiger partial charge in [-0.25, -0.2) is 4.39 Å². The topological polar surface area (TPSA) is 52.0 Å². The van der Waals surface area contributed by atoms with Gasteiger partial charge in [0.15, 0.2) is 11.6 Å². The summed E-state index contributed by atoms with van der Waals surface area (Å²) in [5.74, 6) is 1.19. The quantitative estimate of drug-likeness (QED) is 0.898. The first-order chi connectivity index (χ1) is 9.86. The molecule has 2 aromatic rings. The van der Waals surface area contributed by atoms with E-state index in [0.717, 1.165) is 22.8 Å². The molecule has 1 aromatic carbocycles. The number of rotatable bonds is 2. The molecule has 5 nitrogen and oxygen atoms in total. The Hall–Kier alpha value is -1.47. The Bertz CT molecular complexity index is 726. The number of aromatic nitrogens is 3. The normalized spacial score (nSPS) is 15.3. The molecule has 1 N–H and O–H groups in total. The number of nitrogens with zero attached hydrogens (tertiary/aromatic N) is 3. The van der Waals surface area contributed by atoms with Crippen LogP contribution in [0.5, 0.6) is 0 Å². The highest BCUT2D eigenvalue weighted by molar-refractivity contribution is 9.10. The molecule has 3 rings (SSSR count). The van der Waals surface area contributed by atoms with E-state index in [1.807, 2.05) is 25.3 Å². The molecule has 1 aliphatic rings. The van der Waals surface area contributed by atoms with Crippen molar-refractivity contribution in [1.29, 1.82) is 0 Å². The van der Waals surface area contributed by atoms with Gasteiger partial charge in [0.05, 0.1) is 21.4 Å². The molecule has 0 saturated heterocycles. The minimum absolute atomic E-state index is 0.292. The summed E-state index contributed by atoms with van der Waals surface area (Å²) in [6.07, 6.45) is 0. The molecule has 0 atom stereocenters. The van der Waals surface area contributed by atoms with Crippen molar-refractivity contribution in [2.45, 2.75) is 32.9 Å². The van der Waals surface area contributed by atoms with Gasteiger partial charge < -0.3 is 10.1 Å². The first kappa shape index (κ1) is 14.5. The standard InChI is InChI=1S/C14H16BrFN4O/c1-7-11(15)8(16)5-9-12(7)20-10(6-21-4)18-19-13(20)14(2,3)17-9/h5,17H,6H2,1-4H3. The Balaban J connectivity index is 2.35. The van der Waals surface area contributed by atoms with E-state index in [0.29, 0.717) is 16.9 Å². The number of benzene rings is 1. The van der Waals surface area contributed by atoms with Crippen LogP contribution < -0.4 is 5.32 Å². The fraction of sp³-hybridized carbons (Fsp3) is 0.429. The number of halogens is 2. The Morgan fingerprint density at radius 2 is 2.14 bits per heavy atom. The molecular weight excluding hydrogens is 339 g/mol. The fourth-order valence-electron chi connectivity index (χ4n) is 2.70. The molecule has 0 aliphatic carbocycles. The number of hydrogen-bond acceptors (Lipinski definition) is 4. The predicted octanol–water partition coefficient (Wildman–Crippen LogP) is 3.28. The zero-order valence-electron chi connectivity index (χ0n) is 12.3. The van der Waals surface area contributed by atoms with Crippen molar-refractivity contribution in [2.75, 3.05) is 12.4 Å². The third-order valence-electron chi connectivity index (χ3n) is 3.65. The van der Waals surface area contributed by atoms with Crippen molar-refractivity contribution in [3.63, 3.8) is 0 Å². The van der Waals surface area contributed by atoms with Crippen molar-refractivity contribution in [3.8, 4) is 5.69 Å². The van der Waals surface area contributed by atoms with E-state index in [4.69, 9.17) is 4.74 Å². The smallest absolute Gasteiger partial charge is 0.163 e.